The van der Waals surface area contributed by atoms with Crippen LogP contribution >= 0.6 is 11.6 Å². The first-order valence-corrected chi connectivity index (χ1v) is 9.98. The molecule has 2 heterocycles. The molecule has 3 aromatic rings. The van der Waals surface area contributed by atoms with Gasteiger partial charge in [0, 0.05) is 31.7 Å². The van der Waals surface area contributed by atoms with E-state index in [0.29, 0.717) is 48.8 Å². The van der Waals surface area contributed by atoms with E-state index in [0.717, 1.165) is 6.07 Å². The van der Waals surface area contributed by atoms with Crippen molar-refractivity contribution in [3.63, 3.8) is 0 Å². The number of rotatable bonds is 3. The van der Waals surface area contributed by atoms with Gasteiger partial charge in [-0.15, -0.1) is 0 Å². The number of carbonyl (C=O) groups is 2. The number of piperazine rings is 1. The van der Waals surface area contributed by atoms with E-state index in [1.165, 1.54) is 36.4 Å². The van der Waals surface area contributed by atoms with Gasteiger partial charge in [-0.1, -0.05) is 16.8 Å². The third-order valence-corrected chi connectivity index (χ3v) is 5.52. The maximum Gasteiger partial charge on any atom is 0.259 e. The lowest BCUT2D eigenvalue weighted by Crippen LogP contribution is -2.50. The lowest BCUT2D eigenvalue weighted by Gasteiger charge is -2.35. The number of benzene rings is 2. The first-order chi connectivity index (χ1) is 14.8. The Morgan fingerprint density at radius 1 is 0.935 bits per heavy atom. The van der Waals surface area contributed by atoms with Crippen molar-refractivity contribution >= 4 is 23.4 Å². The molecule has 2 amide bonds. The van der Waals surface area contributed by atoms with Crippen molar-refractivity contribution in [3.05, 3.63) is 76.0 Å². The Morgan fingerprint density at radius 3 is 2.13 bits per heavy atom. The van der Waals surface area contributed by atoms with Crippen molar-refractivity contribution in [2.45, 2.75) is 6.92 Å². The minimum absolute atomic E-state index is 0.0486. The molecule has 0 N–H and O–H groups in total. The molecular formula is C22H18ClF2N3O3. The van der Waals surface area contributed by atoms with Gasteiger partial charge in [0.05, 0.1) is 10.6 Å². The van der Waals surface area contributed by atoms with Crippen LogP contribution in [0.2, 0.25) is 5.02 Å². The van der Waals surface area contributed by atoms with E-state index in [4.69, 9.17) is 16.1 Å². The molecule has 1 aromatic heterocycles. The minimum atomic E-state index is -0.516. The summed E-state index contributed by atoms with van der Waals surface area (Å²) in [5, 5.41) is 4.03. The Morgan fingerprint density at radius 2 is 1.52 bits per heavy atom. The van der Waals surface area contributed by atoms with Gasteiger partial charge in [-0.25, -0.2) is 8.78 Å². The summed E-state index contributed by atoms with van der Waals surface area (Å²) >= 11 is 6.00. The molecule has 9 heteroatoms. The highest BCUT2D eigenvalue weighted by Gasteiger charge is 2.30. The van der Waals surface area contributed by atoms with E-state index in [1.54, 1.807) is 16.7 Å². The van der Waals surface area contributed by atoms with Crippen molar-refractivity contribution in [2.24, 2.45) is 0 Å². The Kier molecular flexibility index (Phi) is 5.73. The molecule has 0 radical (unpaired) electrons. The maximum absolute atomic E-state index is 13.3. The van der Waals surface area contributed by atoms with E-state index < -0.39 is 5.82 Å². The van der Waals surface area contributed by atoms with Gasteiger partial charge in [-0.2, -0.15) is 0 Å². The van der Waals surface area contributed by atoms with Crippen molar-refractivity contribution < 1.29 is 22.9 Å². The van der Waals surface area contributed by atoms with Crippen LogP contribution in [0, 0.1) is 18.6 Å². The Labute approximate surface area is 182 Å². The third kappa shape index (κ3) is 4.16. The molecule has 0 unspecified atom stereocenters. The predicted molar refractivity (Wildman–Crippen MR) is 110 cm³/mol. The van der Waals surface area contributed by atoms with Crippen LogP contribution in [0.1, 0.15) is 26.5 Å². The lowest BCUT2D eigenvalue weighted by atomic mass is 10.0. The zero-order chi connectivity index (χ0) is 22.1. The lowest BCUT2D eigenvalue weighted by molar-refractivity contribution is 0.0535. The van der Waals surface area contributed by atoms with Gasteiger partial charge in [0.1, 0.15) is 28.7 Å². The molecule has 2 aromatic carbocycles. The third-order valence-electron chi connectivity index (χ3n) is 5.21. The summed E-state index contributed by atoms with van der Waals surface area (Å²) < 4.78 is 31.7. The van der Waals surface area contributed by atoms with Crippen LogP contribution in [-0.4, -0.2) is 52.9 Å². The highest BCUT2D eigenvalue weighted by molar-refractivity contribution is 6.33. The number of hydrogen-bond donors (Lipinski definition) is 0. The van der Waals surface area contributed by atoms with Gasteiger partial charge in [0.2, 0.25) is 0 Å². The molecule has 0 atom stereocenters. The number of aryl methyl sites for hydroxylation is 1. The fourth-order valence-corrected chi connectivity index (χ4v) is 3.78. The van der Waals surface area contributed by atoms with Crippen molar-refractivity contribution in [1.82, 2.24) is 15.0 Å². The molecule has 0 bridgehead atoms. The number of hydrogen-bond acceptors (Lipinski definition) is 4. The summed E-state index contributed by atoms with van der Waals surface area (Å²) in [5.74, 6) is -1.13. The Balaban J connectivity index is 1.48. The quantitative estimate of drug-likeness (QED) is 0.606. The second-order valence-electron chi connectivity index (χ2n) is 7.18. The van der Waals surface area contributed by atoms with Crippen LogP contribution in [-0.2, 0) is 0 Å². The highest BCUT2D eigenvalue weighted by Crippen LogP contribution is 2.27. The van der Waals surface area contributed by atoms with Crippen molar-refractivity contribution in [1.29, 1.82) is 0 Å². The zero-order valence-corrected chi connectivity index (χ0v) is 17.3. The van der Waals surface area contributed by atoms with Gasteiger partial charge < -0.3 is 14.3 Å². The molecule has 4 rings (SSSR count). The average molecular weight is 446 g/mol. The largest absolute Gasteiger partial charge is 0.360 e. The van der Waals surface area contributed by atoms with Crippen LogP contribution in [0.25, 0.3) is 11.3 Å². The average Bonchev–Trinajstić information content (AvgIpc) is 3.15. The fraction of sp³-hybridized carbons (Fsp3) is 0.227. The Hall–Kier alpha value is -3.26. The van der Waals surface area contributed by atoms with E-state index in [1.807, 2.05) is 0 Å². The fourth-order valence-electron chi connectivity index (χ4n) is 3.53. The van der Waals surface area contributed by atoms with E-state index >= 15 is 0 Å². The molecule has 1 aliphatic heterocycles. The standard InChI is InChI=1S/C22H18ClF2N3O3/c1-13-19(20(26-31-13)14-2-4-15(24)5-3-14)22(30)28-10-8-27(9-11-28)21(29)17-7-6-16(25)12-18(17)23/h2-7,12H,8-11H2,1H3. The molecule has 31 heavy (non-hydrogen) atoms. The van der Waals surface area contributed by atoms with Gasteiger partial charge in [-0.05, 0) is 49.4 Å². The molecule has 0 spiro atoms. The van der Waals surface area contributed by atoms with E-state index in [2.05, 4.69) is 5.16 Å². The summed E-state index contributed by atoms with van der Waals surface area (Å²) in [5.41, 5.74) is 1.45. The van der Waals surface area contributed by atoms with Crippen LogP contribution in [0.15, 0.2) is 47.0 Å². The van der Waals surface area contributed by atoms with Crippen LogP contribution in [0.3, 0.4) is 0 Å². The summed E-state index contributed by atoms with van der Waals surface area (Å²) in [6.07, 6.45) is 0. The number of amides is 2. The summed E-state index contributed by atoms with van der Waals surface area (Å²) in [4.78, 5) is 29.1. The molecule has 0 saturated carbocycles. The second kappa shape index (κ2) is 8.47. The molecular weight excluding hydrogens is 428 g/mol. The predicted octanol–water partition coefficient (Wildman–Crippen LogP) is 4.18. The molecule has 0 aliphatic carbocycles. The van der Waals surface area contributed by atoms with Crippen LogP contribution < -0.4 is 0 Å². The summed E-state index contributed by atoms with van der Waals surface area (Å²) in [6.45, 7) is 2.85. The van der Waals surface area contributed by atoms with Gasteiger partial charge in [-0.3, -0.25) is 9.59 Å². The highest BCUT2D eigenvalue weighted by atomic mass is 35.5. The van der Waals surface area contributed by atoms with Gasteiger partial charge in [0.15, 0.2) is 0 Å². The van der Waals surface area contributed by atoms with Gasteiger partial charge >= 0.3 is 0 Å². The van der Waals surface area contributed by atoms with Gasteiger partial charge in [0.25, 0.3) is 11.8 Å². The number of aromatic nitrogens is 1. The first kappa shape index (κ1) is 21.0. The number of halogens is 3. The van der Waals surface area contributed by atoms with E-state index in [-0.39, 0.29) is 28.2 Å². The SMILES string of the molecule is Cc1onc(-c2ccc(F)cc2)c1C(=O)N1CCN(C(=O)c2ccc(F)cc2Cl)CC1. The second-order valence-corrected chi connectivity index (χ2v) is 7.59. The maximum atomic E-state index is 13.3. The molecule has 160 valence electrons. The Bertz CT molecular complexity index is 1140. The number of nitrogens with zero attached hydrogens (tertiary/aromatic N) is 3. The molecule has 1 saturated heterocycles. The topological polar surface area (TPSA) is 66.7 Å². The van der Waals surface area contributed by atoms with Crippen molar-refractivity contribution in [2.75, 3.05) is 26.2 Å². The molecule has 6 nitrogen and oxygen atoms in total. The van der Waals surface area contributed by atoms with Crippen molar-refractivity contribution in [3.8, 4) is 11.3 Å². The zero-order valence-electron chi connectivity index (χ0n) is 16.6. The first-order valence-electron chi connectivity index (χ1n) is 9.61. The molecule has 1 aliphatic rings. The monoisotopic (exact) mass is 445 g/mol. The van der Waals surface area contributed by atoms with Crippen LogP contribution in [0.4, 0.5) is 8.78 Å². The van der Waals surface area contributed by atoms with Crippen LogP contribution in [0.5, 0.6) is 0 Å². The summed E-state index contributed by atoms with van der Waals surface area (Å²) in [6, 6.07) is 9.29. The number of carbonyl (C=O) groups excluding carboxylic acids is 2. The molecule has 1 fully saturated rings. The summed E-state index contributed by atoms with van der Waals surface area (Å²) in [7, 11) is 0. The normalized spacial score (nSPS) is 14.1. The van der Waals surface area contributed by atoms with E-state index in [9.17, 15) is 18.4 Å². The smallest absolute Gasteiger partial charge is 0.259 e. The minimum Gasteiger partial charge on any atom is -0.360 e.